The predicted octanol–water partition coefficient (Wildman–Crippen LogP) is 5.00. The van der Waals surface area contributed by atoms with Gasteiger partial charge in [0.15, 0.2) is 0 Å². The number of hydrogen-bond donors (Lipinski definition) is 3. The zero-order chi connectivity index (χ0) is 24.0. The van der Waals surface area contributed by atoms with E-state index in [1.54, 1.807) is 18.2 Å². The number of carbonyl (C=O) groups is 1. The molecule has 0 fully saturated rings. The zero-order valence-corrected chi connectivity index (χ0v) is 19.7. The number of carbonyl (C=O) groups excluding carboxylic acids is 1. The fourth-order valence-corrected chi connectivity index (χ4v) is 4.20. The zero-order valence-electron chi connectivity index (χ0n) is 18.9. The standard InChI is InChI=1S/C26H24ClN7O/c27-20-9-4-6-17(14-20)16-28-26(35)19-12-13-21-23(15-19)29-22(10-5-11-24-31-33-34-32-24)25(30-21)18-7-2-1-3-8-18/h1-4,6-9,12-15,24H,5,10-11,16H2,(H,28,35)(H,31,34)(H,32,33). The van der Waals surface area contributed by atoms with Crippen molar-refractivity contribution in [1.29, 1.82) is 0 Å². The summed E-state index contributed by atoms with van der Waals surface area (Å²) < 4.78 is 0. The van der Waals surface area contributed by atoms with E-state index < -0.39 is 0 Å². The van der Waals surface area contributed by atoms with Crippen LogP contribution in [0.1, 0.15) is 34.5 Å². The van der Waals surface area contributed by atoms with E-state index in [2.05, 4.69) is 26.6 Å². The molecule has 1 aromatic heterocycles. The van der Waals surface area contributed by atoms with Crippen LogP contribution in [0.15, 0.2) is 83.1 Å². The van der Waals surface area contributed by atoms with Gasteiger partial charge in [-0.15, -0.1) is 5.11 Å². The second-order valence-corrected chi connectivity index (χ2v) is 8.72. The molecular weight excluding hydrogens is 462 g/mol. The van der Waals surface area contributed by atoms with Crippen LogP contribution in [0.3, 0.4) is 0 Å². The number of hydrazine groups is 1. The monoisotopic (exact) mass is 485 g/mol. The minimum Gasteiger partial charge on any atom is -0.348 e. The molecule has 8 nitrogen and oxygen atoms in total. The van der Waals surface area contributed by atoms with Gasteiger partial charge in [0.05, 0.1) is 22.4 Å². The van der Waals surface area contributed by atoms with Gasteiger partial charge in [-0.1, -0.05) is 59.3 Å². The first-order chi connectivity index (χ1) is 17.2. The summed E-state index contributed by atoms with van der Waals surface area (Å²) in [5.41, 5.74) is 11.3. The van der Waals surface area contributed by atoms with Crippen LogP contribution in [0, 0.1) is 0 Å². The first-order valence-corrected chi connectivity index (χ1v) is 11.8. The van der Waals surface area contributed by atoms with Crippen LogP contribution < -0.4 is 16.3 Å². The molecule has 0 saturated carbocycles. The minimum atomic E-state index is -0.174. The largest absolute Gasteiger partial charge is 0.348 e. The van der Waals surface area contributed by atoms with E-state index in [1.165, 1.54) is 0 Å². The number of halogens is 1. The molecule has 1 aliphatic heterocycles. The van der Waals surface area contributed by atoms with Gasteiger partial charge in [0, 0.05) is 22.7 Å². The number of benzene rings is 3. The average Bonchev–Trinajstić information content (AvgIpc) is 3.41. The maximum Gasteiger partial charge on any atom is 0.251 e. The Morgan fingerprint density at radius 1 is 0.971 bits per heavy atom. The molecule has 0 saturated heterocycles. The third kappa shape index (κ3) is 5.62. The van der Waals surface area contributed by atoms with Gasteiger partial charge in [-0.25, -0.2) is 15.5 Å². The normalized spacial score (nSPS) is 14.7. The SMILES string of the molecule is O=C(NCc1cccc(Cl)c1)c1ccc2nc(-c3ccccc3)c(CCCC3N=NNN3)nc2c1. The van der Waals surface area contributed by atoms with Crippen LogP contribution in [-0.2, 0) is 13.0 Å². The summed E-state index contributed by atoms with van der Waals surface area (Å²) in [5, 5.41) is 11.4. The number of amides is 1. The van der Waals surface area contributed by atoms with Gasteiger partial charge < -0.3 is 5.32 Å². The van der Waals surface area contributed by atoms with Gasteiger partial charge in [0.2, 0.25) is 0 Å². The number of fused-ring (bicyclic) bond motifs is 1. The van der Waals surface area contributed by atoms with E-state index in [9.17, 15) is 4.79 Å². The second kappa shape index (κ2) is 10.6. The van der Waals surface area contributed by atoms with Gasteiger partial charge in [-0.3, -0.25) is 4.79 Å². The lowest BCUT2D eigenvalue weighted by Gasteiger charge is -2.12. The van der Waals surface area contributed by atoms with Crippen molar-refractivity contribution in [3.63, 3.8) is 0 Å². The summed E-state index contributed by atoms with van der Waals surface area (Å²) >= 11 is 6.04. The molecule has 2 heterocycles. The fraction of sp³-hybridized carbons (Fsp3) is 0.192. The lowest BCUT2D eigenvalue weighted by Crippen LogP contribution is -2.30. The van der Waals surface area contributed by atoms with E-state index in [-0.39, 0.29) is 12.1 Å². The van der Waals surface area contributed by atoms with Crippen molar-refractivity contribution >= 4 is 28.5 Å². The van der Waals surface area contributed by atoms with Gasteiger partial charge >= 0.3 is 0 Å². The summed E-state index contributed by atoms with van der Waals surface area (Å²) in [5.74, 6) is -0.174. The molecule has 176 valence electrons. The summed E-state index contributed by atoms with van der Waals surface area (Å²) in [6.07, 6.45) is 2.36. The quantitative estimate of drug-likeness (QED) is 0.325. The van der Waals surface area contributed by atoms with Crippen LogP contribution in [0.25, 0.3) is 22.3 Å². The molecule has 1 atom stereocenters. The van der Waals surface area contributed by atoms with E-state index in [0.717, 1.165) is 47.3 Å². The van der Waals surface area contributed by atoms with Crippen molar-refractivity contribution in [3.8, 4) is 11.3 Å². The van der Waals surface area contributed by atoms with Crippen molar-refractivity contribution in [1.82, 2.24) is 26.2 Å². The molecular formula is C26H24ClN7O. The number of nitrogens with zero attached hydrogens (tertiary/aromatic N) is 4. The topological polar surface area (TPSA) is 104 Å². The summed E-state index contributed by atoms with van der Waals surface area (Å²) in [4.78, 5) is 22.7. The lowest BCUT2D eigenvalue weighted by molar-refractivity contribution is 0.0951. The Hall–Kier alpha value is -3.88. The smallest absolute Gasteiger partial charge is 0.251 e. The molecule has 3 N–H and O–H groups in total. The molecule has 3 aromatic carbocycles. The van der Waals surface area contributed by atoms with E-state index >= 15 is 0 Å². The Kier molecular flexibility index (Phi) is 6.92. The van der Waals surface area contributed by atoms with Crippen LogP contribution in [0.2, 0.25) is 5.02 Å². The molecule has 0 spiro atoms. The van der Waals surface area contributed by atoms with E-state index in [1.807, 2.05) is 54.6 Å². The van der Waals surface area contributed by atoms with Gasteiger partial charge in [-0.2, -0.15) is 5.43 Å². The molecule has 1 unspecified atom stereocenters. The number of aryl methyl sites for hydroxylation is 1. The molecule has 1 aliphatic rings. The average molecular weight is 486 g/mol. The number of aromatic nitrogens is 2. The Morgan fingerprint density at radius 2 is 1.86 bits per heavy atom. The summed E-state index contributed by atoms with van der Waals surface area (Å²) in [6.45, 7) is 0.392. The molecule has 0 bridgehead atoms. The Balaban J connectivity index is 1.39. The molecule has 1 amide bonds. The van der Waals surface area contributed by atoms with Crippen molar-refractivity contribution in [2.45, 2.75) is 32.0 Å². The maximum atomic E-state index is 12.8. The summed E-state index contributed by atoms with van der Waals surface area (Å²) in [6, 6.07) is 22.9. The van der Waals surface area contributed by atoms with E-state index in [4.69, 9.17) is 21.6 Å². The van der Waals surface area contributed by atoms with Gasteiger partial charge in [0.1, 0.15) is 6.17 Å². The Labute approximate surface area is 207 Å². The van der Waals surface area contributed by atoms with Crippen LogP contribution in [0.5, 0.6) is 0 Å². The van der Waals surface area contributed by atoms with Crippen LogP contribution in [-0.4, -0.2) is 22.0 Å². The van der Waals surface area contributed by atoms with Crippen LogP contribution >= 0.6 is 11.6 Å². The molecule has 0 aliphatic carbocycles. The number of rotatable bonds is 8. The molecule has 4 aromatic rings. The van der Waals surface area contributed by atoms with Crippen molar-refractivity contribution in [3.05, 3.63) is 94.6 Å². The molecule has 35 heavy (non-hydrogen) atoms. The van der Waals surface area contributed by atoms with Crippen molar-refractivity contribution < 1.29 is 4.79 Å². The lowest BCUT2D eigenvalue weighted by atomic mass is 10.0. The minimum absolute atomic E-state index is 0.0432. The molecule has 9 heteroatoms. The number of nitrogens with one attached hydrogen (secondary N) is 3. The Morgan fingerprint density at radius 3 is 2.66 bits per heavy atom. The predicted molar refractivity (Wildman–Crippen MR) is 135 cm³/mol. The molecule has 0 radical (unpaired) electrons. The van der Waals surface area contributed by atoms with E-state index in [0.29, 0.717) is 22.6 Å². The highest BCUT2D eigenvalue weighted by Gasteiger charge is 2.15. The highest BCUT2D eigenvalue weighted by atomic mass is 35.5. The van der Waals surface area contributed by atoms with Gasteiger partial charge in [0.25, 0.3) is 5.91 Å². The Bertz CT molecular complexity index is 1380. The third-order valence-electron chi connectivity index (χ3n) is 5.76. The fourth-order valence-electron chi connectivity index (χ4n) is 3.99. The van der Waals surface area contributed by atoms with Crippen molar-refractivity contribution in [2.24, 2.45) is 10.3 Å². The second-order valence-electron chi connectivity index (χ2n) is 8.28. The highest BCUT2D eigenvalue weighted by molar-refractivity contribution is 6.30. The maximum absolute atomic E-state index is 12.8. The van der Waals surface area contributed by atoms with Gasteiger partial charge in [-0.05, 0) is 55.2 Å². The van der Waals surface area contributed by atoms with Crippen molar-refractivity contribution in [2.75, 3.05) is 0 Å². The highest BCUT2D eigenvalue weighted by Crippen LogP contribution is 2.25. The number of hydrogen-bond acceptors (Lipinski definition) is 7. The molecule has 5 rings (SSSR count). The summed E-state index contributed by atoms with van der Waals surface area (Å²) in [7, 11) is 0. The first kappa shape index (κ1) is 22.9. The van der Waals surface area contributed by atoms with Crippen LogP contribution in [0.4, 0.5) is 0 Å². The first-order valence-electron chi connectivity index (χ1n) is 11.4. The third-order valence-corrected chi connectivity index (χ3v) is 5.99.